The topological polar surface area (TPSA) is 170 Å². The molecule has 5 aromatic rings. The molecule has 0 bridgehead atoms. The van der Waals surface area contributed by atoms with Crippen molar-refractivity contribution in [3.63, 3.8) is 0 Å². The molecule has 2 unspecified atom stereocenters. The number of fused-ring (bicyclic) bond motifs is 1. The lowest BCUT2D eigenvalue weighted by atomic mass is 9.97. The number of likely N-dealkylation sites (tertiary alicyclic amines) is 1. The Hall–Kier alpha value is -7.01. The number of carbonyl (C=O) groups is 5. The Morgan fingerprint density at radius 2 is 1.61 bits per heavy atom. The number of nitrogens with zero attached hydrogens (tertiary/aromatic N) is 3. The summed E-state index contributed by atoms with van der Waals surface area (Å²) in [5, 5.41) is 18.3. The van der Waals surface area contributed by atoms with E-state index in [1.807, 2.05) is 48.5 Å². The van der Waals surface area contributed by atoms with Crippen LogP contribution in [0.15, 0.2) is 103 Å². The zero-order chi connectivity index (χ0) is 44.7. The molecule has 0 radical (unpaired) electrons. The minimum absolute atomic E-state index is 0.0297. The molecule has 326 valence electrons. The van der Waals surface area contributed by atoms with Crippen molar-refractivity contribution in [2.75, 3.05) is 25.0 Å². The molecule has 2 saturated heterocycles. The Kier molecular flexibility index (Phi) is 13.3. The van der Waals surface area contributed by atoms with Crippen LogP contribution in [-0.4, -0.2) is 71.1 Å². The lowest BCUT2D eigenvalue weighted by Crippen LogP contribution is -2.54. The van der Waals surface area contributed by atoms with Gasteiger partial charge >= 0.3 is 0 Å². The second kappa shape index (κ2) is 19.6. The van der Waals surface area contributed by atoms with Gasteiger partial charge in [-0.15, -0.1) is 0 Å². The summed E-state index contributed by atoms with van der Waals surface area (Å²) in [6, 6.07) is 32.8. The highest BCUT2D eigenvalue weighted by Crippen LogP contribution is 2.37. The Morgan fingerprint density at radius 3 is 2.42 bits per heavy atom. The van der Waals surface area contributed by atoms with Gasteiger partial charge in [-0.05, 0) is 90.9 Å². The Morgan fingerprint density at radius 1 is 0.828 bits per heavy atom. The van der Waals surface area contributed by atoms with Gasteiger partial charge in [-0.25, -0.2) is 0 Å². The molecular formula is C50H47ClN6O7. The SMILES string of the molecule is Cc1c(COc2cc(OCc3cccc(C#N)c3)c(CN3CCCCC3C(=O)NCCNc3cccc4c3C(=O)N(C3CCC(=O)NC3=O)C4=O)cc2Cl)cccc1-c1ccccc1. The first-order valence-electron chi connectivity index (χ1n) is 21.4. The quantitative estimate of drug-likeness (QED) is 0.0715. The van der Waals surface area contributed by atoms with Crippen molar-refractivity contribution in [2.45, 2.75) is 70.9 Å². The molecule has 5 aromatic carbocycles. The number of anilines is 1. The maximum atomic E-state index is 13.9. The van der Waals surface area contributed by atoms with Gasteiger partial charge in [0.25, 0.3) is 11.8 Å². The number of nitrogens with one attached hydrogen (secondary N) is 3. The number of ether oxygens (including phenoxy) is 2. The normalized spacial score (nSPS) is 17.4. The standard InChI is InChI=1S/C50H47ClN6O7/c1-31-35(14-8-15-37(31)34-12-3-2-4-13-34)30-64-44-26-43(63-29-33-11-7-10-32(24-33)27-52)36(25-39(44)51)28-56-23-6-5-18-41(56)47(59)54-22-21-53-40-17-9-16-38-46(40)50(62)57(49(38)61)42-19-20-45(58)55-48(42)60/h2-4,7-17,24-26,41-42,53H,5-6,18-23,28-30H2,1H3,(H,54,59)(H,55,58,60). The highest BCUT2D eigenvalue weighted by Gasteiger charge is 2.45. The number of piperidine rings is 2. The number of hydrogen-bond donors (Lipinski definition) is 3. The Bertz CT molecular complexity index is 2670. The fourth-order valence-corrected chi connectivity index (χ4v) is 8.86. The van der Waals surface area contributed by atoms with Crippen LogP contribution < -0.4 is 25.4 Å². The van der Waals surface area contributed by atoms with Crippen molar-refractivity contribution in [2.24, 2.45) is 0 Å². The molecule has 3 aliphatic rings. The van der Waals surface area contributed by atoms with Gasteiger partial charge in [0.1, 0.15) is 30.8 Å². The lowest BCUT2D eigenvalue weighted by Gasteiger charge is -2.35. The predicted octanol–water partition coefficient (Wildman–Crippen LogP) is 7.33. The van der Waals surface area contributed by atoms with Gasteiger partial charge in [0.15, 0.2) is 0 Å². The van der Waals surface area contributed by atoms with E-state index in [-0.39, 0.29) is 56.2 Å². The molecule has 0 aliphatic carbocycles. The van der Waals surface area contributed by atoms with Gasteiger partial charge in [-0.3, -0.25) is 39.1 Å². The van der Waals surface area contributed by atoms with Crippen LogP contribution in [-0.2, 0) is 34.1 Å². The maximum absolute atomic E-state index is 13.9. The second-order valence-corrected chi connectivity index (χ2v) is 16.5. The van der Waals surface area contributed by atoms with Crippen molar-refractivity contribution in [3.05, 3.63) is 147 Å². The van der Waals surface area contributed by atoms with Crippen LogP contribution >= 0.6 is 11.6 Å². The summed E-state index contributed by atoms with van der Waals surface area (Å²) in [5.41, 5.74) is 7.22. The van der Waals surface area contributed by atoms with Gasteiger partial charge in [-0.1, -0.05) is 84.8 Å². The number of carbonyl (C=O) groups excluding carboxylic acids is 5. The molecule has 5 amide bonds. The molecule has 0 aromatic heterocycles. The summed E-state index contributed by atoms with van der Waals surface area (Å²) in [6.07, 6.45) is 2.51. The van der Waals surface area contributed by atoms with E-state index in [0.29, 0.717) is 47.3 Å². The first-order valence-corrected chi connectivity index (χ1v) is 21.8. The van der Waals surface area contributed by atoms with Crippen molar-refractivity contribution < 1.29 is 33.4 Å². The molecule has 8 rings (SSSR count). The molecule has 3 N–H and O–H groups in total. The van der Waals surface area contributed by atoms with Crippen LogP contribution in [0.3, 0.4) is 0 Å². The Balaban J connectivity index is 0.944. The van der Waals surface area contributed by atoms with Gasteiger partial charge in [0.05, 0.1) is 33.8 Å². The molecule has 3 heterocycles. The molecule has 13 nitrogen and oxygen atoms in total. The summed E-state index contributed by atoms with van der Waals surface area (Å²) in [5.74, 6) is -1.46. The summed E-state index contributed by atoms with van der Waals surface area (Å²) in [4.78, 5) is 68.0. The van der Waals surface area contributed by atoms with E-state index in [9.17, 15) is 29.2 Å². The van der Waals surface area contributed by atoms with Crippen LogP contribution in [0.4, 0.5) is 5.69 Å². The molecule has 2 fully saturated rings. The third-order valence-corrected chi connectivity index (χ3v) is 12.3. The smallest absolute Gasteiger partial charge is 0.264 e. The summed E-state index contributed by atoms with van der Waals surface area (Å²) >= 11 is 6.96. The van der Waals surface area contributed by atoms with E-state index in [4.69, 9.17) is 21.1 Å². The fourth-order valence-electron chi connectivity index (χ4n) is 8.62. The molecule has 2 atom stereocenters. The van der Waals surface area contributed by atoms with E-state index >= 15 is 0 Å². The van der Waals surface area contributed by atoms with Crippen molar-refractivity contribution in [3.8, 4) is 28.7 Å². The van der Waals surface area contributed by atoms with Crippen molar-refractivity contribution in [1.82, 2.24) is 20.4 Å². The first kappa shape index (κ1) is 43.6. The zero-order valence-corrected chi connectivity index (χ0v) is 36.1. The van der Waals surface area contributed by atoms with Crippen LogP contribution in [0.25, 0.3) is 11.1 Å². The number of imide groups is 2. The average Bonchev–Trinajstić information content (AvgIpc) is 3.56. The third-order valence-electron chi connectivity index (χ3n) is 12.0. The van der Waals surface area contributed by atoms with E-state index in [1.54, 1.807) is 30.3 Å². The highest BCUT2D eigenvalue weighted by atomic mass is 35.5. The summed E-state index contributed by atoms with van der Waals surface area (Å²) in [6.45, 7) is 4.08. The van der Waals surface area contributed by atoms with Gasteiger partial charge in [-0.2, -0.15) is 5.26 Å². The minimum Gasteiger partial charge on any atom is -0.488 e. The van der Waals surface area contributed by atoms with Crippen LogP contribution in [0.2, 0.25) is 5.02 Å². The minimum atomic E-state index is -1.07. The fraction of sp³-hybridized carbons (Fsp3) is 0.280. The molecule has 0 saturated carbocycles. The number of halogens is 1. The van der Waals surface area contributed by atoms with Gasteiger partial charge < -0.3 is 20.1 Å². The highest BCUT2D eigenvalue weighted by molar-refractivity contribution is 6.32. The maximum Gasteiger partial charge on any atom is 0.264 e. The van der Waals surface area contributed by atoms with E-state index in [1.165, 1.54) is 6.07 Å². The monoisotopic (exact) mass is 878 g/mol. The average molecular weight is 879 g/mol. The van der Waals surface area contributed by atoms with E-state index in [0.717, 1.165) is 51.1 Å². The van der Waals surface area contributed by atoms with Crippen molar-refractivity contribution >= 4 is 46.8 Å². The number of hydrogen-bond acceptors (Lipinski definition) is 10. The lowest BCUT2D eigenvalue weighted by molar-refractivity contribution is -0.136. The van der Waals surface area contributed by atoms with E-state index in [2.05, 4.69) is 52.0 Å². The van der Waals surface area contributed by atoms with Crippen LogP contribution in [0.5, 0.6) is 11.5 Å². The molecule has 0 spiro atoms. The number of rotatable bonds is 15. The van der Waals surface area contributed by atoms with E-state index < -0.39 is 35.7 Å². The summed E-state index contributed by atoms with van der Waals surface area (Å²) in [7, 11) is 0. The predicted molar refractivity (Wildman–Crippen MR) is 241 cm³/mol. The van der Waals surface area contributed by atoms with Gasteiger partial charge in [0, 0.05) is 43.4 Å². The number of benzene rings is 5. The van der Waals surface area contributed by atoms with Crippen LogP contribution in [0.1, 0.15) is 80.6 Å². The van der Waals surface area contributed by atoms with Crippen LogP contribution in [0, 0.1) is 18.3 Å². The summed E-state index contributed by atoms with van der Waals surface area (Å²) < 4.78 is 12.8. The molecule has 64 heavy (non-hydrogen) atoms. The molecule has 3 aliphatic heterocycles. The number of nitriles is 1. The van der Waals surface area contributed by atoms with Crippen molar-refractivity contribution in [1.29, 1.82) is 5.26 Å². The third kappa shape index (κ3) is 9.49. The molecular weight excluding hydrogens is 832 g/mol. The molecule has 14 heteroatoms. The largest absolute Gasteiger partial charge is 0.488 e. The Labute approximate surface area is 376 Å². The zero-order valence-electron chi connectivity index (χ0n) is 35.3. The second-order valence-electron chi connectivity index (χ2n) is 16.1. The first-order chi connectivity index (χ1) is 31.1. The van der Waals surface area contributed by atoms with Gasteiger partial charge in [0.2, 0.25) is 17.7 Å². The number of amides is 5.